The number of carbonyl (C=O) groups is 1. The zero-order valence-corrected chi connectivity index (χ0v) is 12.2. The van der Waals surface area contributed by atoms with E-state index in [0.29, 0.717) is 23.7 Å². The third-order valence-electron chi connectivity index (χ3n) is 3.80. The molecule has 0 saturated heterocycles. The van der Waals surface area contributed by atoms with Gasteiger partial charge in [0.1, 0.15) is 0 Å². The SMILES string of the molecule is COc1ccc([C@@H]2CC(=O)Nc3n[nH]c(C)c32)cc1OC. The van der Waals surface area contributed by atoms with E-state index < -0.39 is 0 Å². The van der Waals surface area contributed by atoms with E-state index in [4.69, 9.17) is 9.47 Å². The van der Waals surface area contributed by atoms with Gasteiger partial charge in [0.15, 0.2) is 17.3 Å². The van der Waals surface area contributed by atoms with Crippen molar-refractivity contribution in [2.24, 2.45) is 0 Å². The van der Waals surface area contributed by atoms with Gasteiger partial charge in [0.05, 0.1) is 14.2 Å². The molecule has 3 rings (SSSR count). The molecule has 2 N–H and O–H groups in total. The van der Waals surface area contributed by atoms with Crippen molar-refractivity contribution in [1.82, 2.24) is 10.2 Å². The molecule has 0 unspecified atom stereocenters. The third kappa shape index (κ3) is 2.22. The fraction of sp³-hybridized carbons (Fsp3) is 0.333. The van der Waals surface area contributed by atoms with Crippen LogP contribution in [0.25, 0.3) is 0 Å². The number of H-pyrrole nitrogens is 1. The molecule has 0 aliphatic carbocycles. The number of methoxy groups -OCH3 is 2. The van der Waals surface area contributed by atoms with Crippen LogP contribution in [0.2, 0.25) is 0 Å². The summed E-state index contributed by atoms with van der Waals surface area (Å²) in [6, 6.07) is 5.73. The van der Waals surface area contributed by atoms with Crippen LogP contribution in [0.3, 0.4) is 0 Å². The Labute approximate surface area is 122 Å². The highest BCUT2D eigenvalue weighted by molar-refractivity contribution is 5.94. The van der Waals surface area contributed by atoms with Crippen LogP contribution in [0, 0.1) is 6.92 Å². The Balaban J connectivity index is 2.08. The Morgan fingerprint density at radius 3 is 2.71 bits per heavy atom. The van der Waals surface area contributed by atoms with E-state index in [1.54, 1.807) is 14.2 Å². The molecule has 2 aromatic rings. The summed E-state index contributed by atoms with van der Waals surface area (Å²) in [5.74, 6) is 1.87. The minimum Gasteiger partial charge on any atom is -0.493 e. The highest BCUT2D eigenvalue weighted by atomic mass is 16.5. The highest BCUT2D eigenvalue weighted by Gasteiger charge is 2.30. The Hall–Kier alpha value is -2.50. The molecule has 0 spiro atoms. The summed E-state index contributed by atoms with van der Waals surface area (Å²) in [6.07, 6.45) is 0.392. The summed E-state index contributed by atoms with van der Waals surface area (Å²) in [7, 11) is 3.20. The fourth-order valence-corrected chi connectivity index (χ4v) is 2.78. The van der Waals surface area contributed by atoms with Gasteiger partial charge in [-0.2, -0.15) is 5.10 Å². The lowest BCUT2D eigenvalue weighted by molar-refractivity contribution is -0.116. The number of aryl methyl sites for hydroxylation is 1. The van der Waals surface area contributed by atoms with Gasteiger partial charge in [-0.3, -0.25) is 9.89 Å². The van der Waals surface area contributed by atoms with Gasteiger partial charge in [-0.15, -0.1) is 0 Å². The van der Waals surface area contributed by atoms with Crippen LogP contribution in [-0.4, -0.2) is 30.3 Å². The number of ether oxygens (including phenoxy) is 2. The fourth-order valence-electron chi connectivity index (χ4n) is 2.78. The largest absolute Gasteiger partial charge is 0.493 e. The lowest BCUT2D eigenvalue weighted by atomic mass is 9.85. The number of hydrogen-bond donors (Lipinski definition) is 2. The van der Waals surface area contributed by atoms with E-state index in [9.17, 15) is 4.79 Å². The van der Waals surface area contributed by atoms with Gasteiger partial charge in [-0.1, -0.05) is 6.07 Å². The smallest absolute Gasteiger partial charge is 0.226 e. The van der Waals surface area contributed by atoms with Crippen LogP contribution in [0.4, 0.5) is 5.82 Å². The standard InChI is InChI=1S/C15H17N3O3/c1-8-14-10(7-13(19)16-15(14)18-17-8)9-4-5-11(20-2)12(6-9)21-3/h4-6,10H,7H2,1-3H3,(H2,16,17,18,19)/t10-/m0/s1. The number of carbonyl (C=O) groups excluding carboxylic acids is 1. The van der Waals surface area contributed by atoms with Gasteiger partial charge in [0, 0.05) is 23.6 Å². The monoisotopic (exact) mass is 287 g/mol. The van der Waals surface area contributed by atoms with Gasteiger partial charge in [-0.05, 0) is 24.6 Å². The van der Waals surface area contributed by atoms with Crippen molar-refractivity contribution in [3.05, 3.63) is 35.0 Å². The van der Waals surface area contributed by atoms with E-state index in [2.05, 4.69) is 15.5 Å². The molecule has 2 heterocycles. The normalized spacial score (nSPS) is 17.1. The molecule has 0 radical (unpaired) electrons. The second-order valence-corrected chi connectivity index (χ2v) is 5.03. The Kier molecular flexibility index (Phi) is 3.29. The molecule has 0 fully saturated rings. The number of nitrogens with zero attached hydrogens (tertiary/aromatic N) is 1. The molecule has 6 heteroatoms. The number of hydrogen-bond acceptors (Lipinski definition) is 4. The minimum absolute atomic E-state index is 0.0335. The van der Waals surface area contributed by atoms with Crippen molar-refractivity contribution >= 4 is 11.7 Å². The molecule has 6 nitrogen and oxygen atoms in total. The molecule has 1 aromatic carbocycles. The second kappa shape index (κ2) is 5.12. The molecular formula is C15H17N3O3. The van der Waals surface area contributed by atoms with Gasteiger partial charge in [-0.25, -0.2) is 0 Å². The van der Waals surface area contributed by atoms with Crippen molar-refractivity contribution in [3.8, 4) is 11.5 Å². The molecule has 110 valence electrons. The summed E-state index contributed by atoms with van der Waals surface area (Å²) in [4.78, 5) is 11.9. The molecule has 1 atom stereocenters. The average molecular weight is 287 g/mol. The zero-order valence-electron chi connectivity index (χ0n) is 12.2. The molecule has 0 saturated carbocycles. The lowest BCUT2D eigenvalue weighted by Gasteiger charge is -2.23. The highest BCUT2D eigenvalue weighted by Crippen LogP contribution is 2.40. The quantitative estimate of drug-likeness (QED) is 0.907. The first-order valence-corrected chi connectivity index (χ1v) is 6.70. The number of benzene rings is 1. The van der Waals surface area contributed by atoms with Gasteiger partial charge in [0.25, 0.3) is 0 Å². The number of fused-ring (bicyclic) bond motifs is 1. The predicted octanol–water partition coefficient (Wildman–Crippen LogP) is 2.21. The molecule has 1 aliphatic heterocycles. The van der Waals surface area contributed by atoms with Crippen molar-refractivity contribution in [1.29, 1.82) is 0 Å². The Morgan fingerprint density at radius 1 is 1.24 bits per heavy atom. The Bertz CT molecular complexity index is 693. The summed E-state index contributed by atoms with van der Waals surface area (Å²) in [6.45, 7) is 1.96. The third-order valence-corrected chi connectivity index (χ3v) is 3.80. The van der Waals surface area contributed by atoms with Crippen molar-refractivity contribution in [3.63, 3.8) is 0 Å². The maximum atomic E-state index is 11.9. The molecule has 0 bridgehead atoms. The van der Waals surface area contributed by atoms with E-state index in [1.807, 2.05) is 25.1 Å². The van der Waals surface area contributed by atoms with Crippen LogP contribution >= 0.6 is 0 Å². The van der Waals surface area contributed by atoms with Gasteiger partial charge in [0.2, 0.25) is 5.91 Å². The van der Waals surface area contributed by atoms with Crippen LogP contribution in [0.15, 0.2) is 18.2 Å². The maximum Gasteiger partial charge on any atom is 0.226 e. The first-order chi connectivity index (χ1) is 10.1. The van der Waals surface area contributed by atoms with Crippen molar-refractivity contribution < 1.29 is 14.3 Å². The molecule has 21 heavy (non-hydrogen) atoms. The molecular weight excluding hydrogens is 270 g/mol. The maximum absolute atomic E-state index is 11.9. The second-order valence-electron chi connectivity index (χ2n) is 5.03. The Morgan fingerprint density at radius 2 is 2.00 bits per heavy atom. The zero-order chi connectivity index (χ0) is 15.0. The number of nitrogens with one attached hydrogen (secondary N) is 2. The number of amides is 1. The van der Waals surface area contributed by atoms with E-state index >= 15 is 0 Å². The topological polar surface area (TPSA) is 76.2 Å². The van der Waals surface area contributed by atoms with Gasteiger partial charge >= 0.3 is 0 Å². The van der Waals surface area contributed by atoms with Crippen molar-refractivity contribution in [2.45, 2.75) is 19.3 Å². The number of aromatic nitrogens is 2. The molecule has 1 aromatic heterocycles. The van der Waals surface area contributed by atoms with Crippen LogP contribution in [0.1, 0.15) is 29.2 Å². The predicted molar refractivity (Wildman–Crippen MR) is 78.0 cm³/mol. The summed E-state index contributed by atoms with van der Waals surface area (Å²) in [5, 5.41) is 9.87. The number of aromatic amines is 1. The number of anilines is 1. The van der Waals surface area contributed by atoms with Gasteiger partial charge < -0.3 is 14.8 Å². The molecule has 1 aliphatic rings. The first kappa shape index (κ1) is 13.5. The molecule has 1 amide bonds. The number of rotatable bonds is 3. The van der Waals surface area contributed by atoms with E-state index in [1.165, 1.54) is 0 Å². The average Bonchev–Trinajstić information content (AvgIpc) is 2.86. The summed E-state index contributed by atoms with van der Waals surface area (Å²) in [5.41, 5.74) is 3.00. The summed E-state index contributed by atoms with van der Waals surface area (Å²) >= 11 is 0. The minimum atomic E-state index is -0.0349. The first-order valence-electron chi connectivity index (χ1n) is 6.70. The van der Waals surface area contributed by atoms with E-state index in [0.717, 1.165) is 16.8 Å². The van der Waals surface area contributed by atoms with E-state index in [-0.39, 0.29) is 11.8 Å². The van der Waals surface area contributed by atoms with Crippen LogP contribution in [0.5, 0.6) is 11.5 Å². The van der Waals surface area contributed by atoms with Crippen LogP contribution in [-0.2, 0) is 4.79 Å². The van der Waals surface area contributed by atoms with Crippen molar-refractivity contribution in [2.75, 3.05) is 19.5 Å². The summed E-state index contributed by atoms with van der Waals surface area (Å²) < 4.78 is 10.6. The van der Waals surface area contributed by atoms with Crippen LogP contribution < -0.4 is 14.8 Å². The lowest BCUT2D eigenvalue weighted by Crippen LogP contribution is -2.23.